The fraction of sp³-hybridized carbons (Fsp3) is 0.455. The van der Waals surface area contributed by atoms with Crippen molar-refractivity contribution >= 4 is 0 Å². The zero-order valence-electron chi connectivity index (χ0n) is 8.67. The van der Waals surface area contributed by atoms with E-state index in [4.69, 9.17) is 9.47 Å². The first-order chi connectivity index (χ1) is 6.86. The molecule has 0 bridgehead atoms. The van der Waals surface area contributed by atoms with Gasteiger partial charge < -0.3 is 14.8 Å². The first kappa shape index (κ1) is 9.34. The molecule has 1 aliphatic heterocycles. The third-order valence-electron chi connectivity index (χ3n) is 2.71. The van der Waals surface area contributed by atoms with Gasteiger partial charge in [-0.1, -0.05) is 6.07 Å². The molecule has 3 nitrogen and oxygen atoms in total. The summed E-state index contributed by atoms with van der Waals surface area (Å²) in [5, 5.41) is 2.30. The molecule has 1 heterocycles. The zero-order valence-corrected chi connectivity index (χ0v) is 8.67. The molecular formula is C11H16NO2+. The standard InChI is InChI=1S/C11H15NO2/c1-13-10-4-3-8-5-6-12-7-9(8)11(10)14-2/h3-4,12H,5-7H2,1-2H3/p+1. The lowest BCUT2D eigenvalue weighted by atomic mass is 9.99. The van der Waals surface area contributed by atoms with Gasteiger partial charge >= 0.3 is 0 Å². The van der Waals surface area contributed by atoms with E-state index in [1.807, 2.05) is 6.07 Å². The molecular weight excluding hydrogens is 178 g/mol. The summed E-state index contributed by atoms with van der Waals surface area (Å²) in [7, 11) is 3.38. The molecule has 0 unspecified atom stereocenters. The first-order valence-corrected chi connectivity index (χ1v) is 4.91. The van der Waals surface area contributed by atoms with Gasteiger partial charge in [0.05, 0.1) is 26.3 Å². The van der Waals surface area contributed by atoms with Crippen molar-refractivity contribution in [2.24, 2.45) is 0 Å². The van der Waals surface area contributed by atoms with Gasteiger partial charge in [-0.15, -0.1) is 0 Å². The summed E-state index contributed by atoms with van der Waals surface area (Å²) < 4.78 is 10.7. The van der Waals surface area contributed by atoms with Crippen LogP contribution in [0.4, 0.5) is 0 Å². The molecule has 0 saturated heterocycles. The van der Waals surface area contributed by atoms with Gasteiger partial charge in [0.15, 0.2) is 11.5 Å². The average Bonchev–Trinajstić information content (AvgIpc) is 2.27. The Hall–Kier alpha value is -1.22. The van der Waals surface area contributed by atoms with Crippen LogP contribution in [0.25, 0.3) is 0 Å². The fourth-order valence-corrected chi connectivity index (χ4v) is 1.99. The first-order valence-electron chi connectivity index (χ1n) is 4.91. The van der Waals surface area contributed by atoms with Gasteiger partial charge in [0, 0.05) is 6.42 Å². The van der Waals surface area contributed by atoms with E-state index in [0.717, 1.165) is 24.5 Å². The van der Waals surface area contributed by atoms with Crippen molar-refractivity contribution in [2.75, 3.05) is 20.8 Å². The van der Waals surface area contributed by atoms with Crippen LogP contribution in [0.3, 0.4) is 0 Å². The molecule has 14 heavy (non-hydrogen) atoms. The van der Waals surface area contributed by atoms with E-state index in [-0.39, 0.29) is 0 Å². The van der Waals surface area contributed by atoms with Crippen LogP contribution in [0.15, 0.2) is 12.1 Å². The second-order valence-corrected chi connectivity index (χ2v) is 3.47. The largest absolute Gasteiger partial charge is 0.493 e. The maximum Gasteiger partial charge on any atom is 0.169 e. The maximum atomic E-state index is 5.39. The van der Waals surface area contributed by atoms with Crippen molar-refractivity contribution in [1.29, 1.82) is 0 Å². The molecule has 0 fully saturated rings. The lowest BCUT2D eigenvalue weighted by molar-refractivity contribution is -0.673. The van der Waals surface area contributed by atoms with Crippen LogP contribution < -0.4 is 14.8 Å². The van der Waals surface area contributed by atoms with Gasteiger partial charge in [-0.2, -0.15) is 0 Å². The minimum atomic E-state index is 0.835. The number of quaternary nitrogens is 1. The Balaban J connectivity index is 2.50. The quantitative estimate of drug-likeness (QED) is 0.736. The predicted octanol–water partition coefficient (Wildman–Crippen LogP) is 0.323. The predicted molar refractivity (Wildman–Crippen MR) is 53.7 cm³/mol. The van der Waals surface area contributed by atoms with Crippen LogP contribution in [0.5, 0.6) is 11.5 Å². The summed E-state index contributed by atoms with van der Waals surface area (Å²) in [5.74, 6) is 1.74. The molecule has 0 spiro atoms. The summed E-state index contributed by atoms with van der Waals surface area (Å²) in [4.78, 5) is 0. The number of rotatable bonds is 2. The highest BCUT2D eigenvalue weighted by Gasteiger charge is 2.19. The van der Waals surface area contributed by atoms with Crippen molar-refractivity contribution in [2.45, 2.75) is 13.0 Å². The normalized spacial score (nSPS) is 14.7. The molecule has 76 valence electrons. The molecule has 3 heteroatoms. The second-order valence-electron chi connectivity index (χ2n) is 3.47. The minimum Gasteiger partial charge on any atom is -0.493 e. The zero-order chi connectivity index (χ0) is 9.97. The van der Waals surface area contributed by atoms with Crippen LogP contribution >= 0.6 is 0 Å². The van der Waals surface area contributed by atoms with Crippen molar-refractivity contribution in [3.05, 3.63) is 23.3 Å². The molecule has 0 radical (unpaired) electrons. The molecule has 2 N–H and O–H groups in total. The lowest BCUT2D eigenvalue weighted by Crippen LogP contribution is -2.84. The van der Waals surface area contributed by atoms with Crippen LogP contribution in [-0.2, 0) is 13.0 Å². The highest BCUT2D eigenvalue weighted by molar-refractivity contribution is 5.50. The summed E-state index contributed by atoms with van der Waals surface area (Å²) >= 11 is 0. The van der Waals surface area contributed by atoms with E-state index in [0.29, 0.717) is 0 Å². The molecule has 2 rings (SSSR count). The van der Waals surface area contributed by atoms with Gasteiger partial charge in [-0.3, -0.25) is 0 Å². The van der Waals surface area contributed by atoms with Gasteiger partial charge in [-0.05, 0) is 11.6 Å². The van der Waals surface area contributed by atoms with E-state index in [9.17, 15) is 0 Å². The summed E-state index contributed by atoms with van der Waals surface area (Å²) in [6, 6.07) is 4.13. The molecule has 1 aromatic rings. The molecule has 0 atom stereocenters. The van der Waals surface area contributed by atoms with Gasteiger partial charge in [0.25, 0.3) is 0 Å². The van der Waals surface area contributed by atoms with Crippen LogP contribution in [0.2, 0.25) is 0 Å². The average molecular weight is 194 g/mol. The Morgan fingerprint density at radius 3 is 2.79 bits per heavy atom. The van der Waals surface area contributed by atoms with E-state index >= 15 is 0 Å². The monoisotopic (exact) mass is 194 g/mol. The Morgan fingerprint density at radius 2 is 2.07 bits per heavy atom. The van der Waals surface area contributed by atoms with Gasteiger partial charge in [-0.25, -0.2) is 0 Å². The van der Waals surface area contributed by atoms with E-state index < -0.39 is 0 Å². The third-order valence-corrected chi connectivity index (χ3v) is 2.71. The number of hydrogen-bond donors (Lipinski definition) is 1. The molecule has 0 amide bonds. The smallest absolute Gasteiger partial charge is 0.169 e. The van der Waals surface area contributed by atoms with Crippen LogP contribution in [-0.4, -0.2) is 20.8 Å². The SMILES string of the molecule is COc1ccc2c(c1OC)C[NH2+]CC2. The third kappa shape index (κ3) is 1.44. The number of hydrogen-bond acceptors (Lipinski definition) is 2. The molecule has 0 aliphatic carbocycles. The molecule has 1 aromatic carbocycles. The second kappa shape index (κ2) is 3.88. The van der Waals surface area contributed by atoms with Crippen molar-refractivity contribution < 1.29 is 14.8 Å². The van der Waals surface area contributed by atoms with E-state index in [1.54, 1.807) is 14.2 Å². The van der Waals surface area contributed by atoms with Crippen molar-refractivity contribution in [1.82, 2.24) is 0 Å². The van der Waals surface area contributed by atoms with E-state index in [1.165, 1.54) is 17.7 Å². The van der Waals surface area contributed by atoms with Crippen LogP contribution in [0.1, 0.15) is 11.1 Å². The van der Waals surface area contributed by atoms with Gasteiger partial charge in [0.2, 0.25) is 0 Å². The highest BCUT2D eigenvalue weighted by atomic mass is 16.5. The topological polar surface area (TPSA) is 35.1 Å². The van der Waals surface area contributed by atoms with Crippen molar-refractivity contribution in [3.63, 3.8) is 0 Å². The number of benzene rings is 1. The van der Waals surface area contributed by atoms with Crippen molar-refractivity contribution in [3.8, 4) is 11.5 Å². The highest BCUT2D eigenvalue weighted by Crippen LogP contribution is 2.33. The lowest BCUT2D eigenvalue weighted by Gasteiger charge is -2.19. The number of ether oxygens (including phenoxy) is 2. The number of methoxy groups -OCH3 is 2. The summed E-state index contributed by atoms with van der Waals surface area (Å²) in [6.07, 6.45) is 1.12. The van der Waals surface area contributed by atoms with Gasteiger partial charge in [0.1, 0.15) is 6.54 Å². The molecule has 0 saturated carbocycles. The fourth-order valence-electron chi connectivity index (χ4n) is 1.99. The number of fused-ring (bicyclic) bond motifs is 1. The minimum absolute atomic E-state index is 0.835. The van der Waals surface area contributed by atoms with Crippen LogP contribution in [0, 0.1) is 0 Å². The Morgan fingerprint density at radius 1 is 1.21 bits per heavy atom. The Kier molecular flexibility index (Phi) is 2.59. The number of nitrogens with two attached hydrogens (primary N) is 1. The van der Waals surface area contributed by atoms with E-state index in [2.05, 4.69) is 11.4 Å². The summed E-state index contributed by atoms with van der Waals surface area (Å²) in [6.45, 7) is 2.16. The molecule has 1 aliphatic rings. The molecule has 0 aromatic heterocycles. The Labute approximate surface area is 84.0 Å². The summed E-state index contributed by atoms with van der Waals surface area (Å²) in [5.41, 5.74) is 2.68. The Bertz CT molecular complexity index is 321. The maximum absolute atomic E-state index is 5.39.